The number of anilines is 1. The van der Waals surface area contributed by atoms with Gasteiger partial charge in [-0.05, 0) is 36.8 Å². The standard InChI is InChI=1S/C16H16ClN5/c1-2-15-14(20-11-16-18-8-3-9-19-16)10-21-22(15)13-6-4-12(17)5-7-13/h3-10,20H,2,11H2,1H3. The van der Waals surface area contributed by atoms with E-state index >= 15 is 0 Å². The summed E-state index contributed by atoms with van der Waals surface area (Å²) in [5.74, 6) is 0.754. The first-order valence-corrected chi connectivity index (χ1v) is 7.48. The Bertz CT molecular complexity index is 737. The molecular formula is C16H16ClN5. The van der Waals surface area contributed by atoms with E-state index in [1.165, 1.54) is 0 Å². The Kier molecular flexibility index (Phi) is 4.34. The summed E-state index contributed by atoms with van der Waals surface area (Å²) in [4.78, 5) is 8.42. The lowest BCUT2D eigenvalue weighted by Crippen LogP contribution is -2.06. The van der Waals surface area contributed by atoms with Crippen molar-refractivity contribution in [3.8, 4) is 5.69 Å². The molecule has 2 heterocycles. The van der Waals surface area contributed by atoms with Crippen molar-refractivity contribution in [3.05, 3.63) is 65.5 Å². The third-order valence-electron chi connectivity index (χ3n) is 3.33. The number of benzene rings is 1. The van der Waals surface area contributed by atoms with Crippen LogP contribution in [-0.2, 0) is 13.0 Å². The lowest BCUT2D eigenvalue weighted by molar-refractivity contribution is 0.813. The molecular weight excluding hydrogens is 298 g/mol. The third kappa shape index (κ3) is 3.09. The van der Waals surface area contributed by atoms with Crippen molar-refractivity contribution in [1.82, 2.24) is 19.7 Å². The van der Waals surface area contributed by atoms with Crippen LogP contribution in [-0.4, -0.2) is 19.7 Å². The second-order valence-corrected chi connectivity index (χ2v) is 5.20. The van der Waals surface area contributed by atoms with Crippen molar-refractivity contribution in [3.63, 3.8) is 0 Å². The average Bonchev–Trinajstić information content (AvgIpc) is 2.97. The van der Waals surface area contributed by atoms with E-state index in [0.717, 1.165) is 29.3 Å². The third-order valence-corrected chi connectivity index (χ3v) is 3.58. The molecule has 22 heavy (non-hydrogen) atoms. The molecule has 1 N–H and O–H groups in total. The zero-order chi connectivity index (χ0) is 15.4. The molecule has 112 valence electrons. The van der Waals surface area contributed by atoms with Gasteiger partial charge in [-0.15, -0.1) is 0 Å². The largest absolute Gasteiger partial charge is 0.375 e. The van der Waals surface area contributed by atoms with Crippen LogP contribution in [0.15, 0.2) is 48.9 Å². The molecule has 0 atom stereocenters. The summed E-state index contributed by atoms with van der Waals surface area (Å²) in [5.41, 5.74) is 3.09. The van der Waals surface area contributed by atoms with Crippen molar-refractivity contribution in [1.29, 1.82) is 0 Å². The zero-order valence-electron chi connectivity index (χ0n) is 12.2. The van der Waals surface area contributed by atoms with Gasteiger partial charge in [0.1, 0.15) is 5.82 Å². The highest BCUT2D eigenvalue weighted by atomic mass is 35.5. The number of rotatable bonds is 5. The van der Waals surface area contributed by atoms with E-state index in [9.17, 15) is 0 Å². The molecule has 5 nitrogen and oxygen atoms in total. The van der Waals surface area contributed by atoms with Crippen LogP contribution < -0.4 is 5.32 Å². The fourth-order valence-corrected chi connectivity index (χ4v) is 2.39. The Morgan fingerprint density at radius 2 is 1.86 bits per heavy atom. The van der Waals surface area contributed by atoms with Crippen LogP contribution in [0.5, 0.6) is 0 Å². The lowest BCUT2D eigenvalue weighted by Gasteiger charge is -2.09. The van der Waals surface area contributed by atoms with Crippen LogP contribution in [0.1, 0.15) is 18.4 Å². The number of hydrogen-bond donors (Lipinski definition) is 1. The Morgan fingerprint density at radius 1 is 1.14 bits per heavy atom. The molecule has 0 saturated carbocycles. The summed E-state index contributed by atoms with van der Waals surface area (Å²) in [6.45, 7) is 2.67. The topological polar surface area (TPSA) is 55.6 Å². The van der Waals surface area contributed by atoms with Crippen molar-refractivity contribution >= 4 is 17.3 Å². The second-order valence-electron chi connectivity index (χ2n) is 4.77. The van der Waals surface area contributed by atoms with Gasteiger partial charge in [-0.2, -0.15) is 5.10 Å². The van der Waals surface area contributed by atoms with E-state index < -0.39 is 0 Å². The zero-order valence-corrected chi connectivity index (χ0v) is 13.0. The molecule has 0 amide bonds. The van der Waals surface area contributed by atoms with Gasteiger partial charge in [-0.25, -0.2) is 14.6 Å². The molecule has 0 aliphatic heterocycles. The molecule has 0 aliphatic carbocycles. The average molecular weight is 314 g/mol. The molecule has 0 spiro atoms. The van der Waals surface area contributed by atoms with Crippen molar-refractivity contribution in [2.75, 3.05) is 5.32 Å². The van der Waals surface area contributed by atoms with Crippen LogP contribution in [0, 0.1) is 0 Å². The summed E-state index contributed by atoms with van der Waals surface area (Å²) in [5, 5.41) is 8.53. The number of nitrogens with one attached hydrogen (secondary N) is 1. The molecule has 0 unspecified atom stereocenters. The van der Waals surface area contributed by atoms with Crippen molar-refractivity contribution < 1.29 is 0 Å². The fraction of sp³-hybridized carbons (Fsp3) is 0.188. The molecule has 6 heteroatoms. The monoisotopic (exact) mass is 313 g/mol. The van der Waals surface area contributed by atoms with Crippen LogP contribution in [0.3, 0.4) is 0 Å². The van der Waals surface area contributed by atoms with Gasteiger partial charge in [0, 0.05) is 17.4 Å². The summed E-state index contributed by atoms with van der Waals surface area (Å²) in [7, 11) is 0. The number of aromatic nitrogens is 4. The molecule has 2 aromatic heterocycles. The van der Waals surface area contributed by atoms with E-state index in [0.29, 0.717) is 11.6 Å². The minimum absolute atomic E-state index is 0.570. The first kappa shape index (κ1) is 14.5. The summed E-state index contributed by atoms with van der Waals surface area (Å²) in [6.07, 6.45) is 6.17. The smallest absolute Gasteiger partial charge is 0.147 e. The SMILES string of the molecule is CCc1c(NCc2ncccn2)cnn1-c1ccc(Cl)cc1. The van der Waals surface area contributed by atoms with E-state index in [-0.39, 0.29) is 0 Å². The summed E-state index contributed by atoms with van der Waals surface area (Å²) >= 11 is 5.94. The maximum absolute atomic E-state index is 5.94. The Labute approximate surface area is 134 Å². The summed E-state index contributed by atoms with van der Waals surface area (Å²) < 4.78 is 1.92. The molecule has 1 aromatic carbocycles. The van der Waals surface area contributed by atoms with Crippen molar-refractivity contribution in [2.24, 2.45) is 0 Å². The highest BCUT2D eigenvalue weighted by Crippen LogP contribution is 2.21. The normalized spacial score (nSPS) is 10.6. The van der Waals surface area contributed by atoms with Crippen LogP contribution >= 0.6 is 11.6 Å². The Hall–Kier alpha value is -2.40. The molecule has 0 fully saturated rings. The predicted octanol–water partition coefficient (Wildman–Crippen LogP) is 3.49. The molecule has 3 aromatic rings. The highest BCUT2D eigenvalue weighted by molar-refractivity contribution is 6.30. The molecule has 0 saturated heterocycles. The number of halogens is 1. The van der Waals surface area contributed by atoms with Gasteiger partial charge in [0.15, 0.2) is 0 Å². The molecule has 0 bridgehead atoms. The van der Waals surface area contributed by atoms with E-state index in [1.54, 1.807) is 18.5 Å². The predicted molar refractivity (Wildman–Crippen MR) is 87.3 cm³/mol. The van der Waals surface area contributed by atoms with E-state index in [1.807, 2.05) is 35.1 Å². The highest BCUT2D eigenvalue weighted by Gasteiger charge is 2.10. The Morgan fingerprint density at radius 3 is 2.55 bits per heavy atom. The van der Waals surface area contributed by atoms with Crippen LogP contribution in [0.2, 0.25) is 5.02 Å². The fourth-order valence-electron chi connectivity index (χ4n) is 2.26. The van der Waals surface area contributed by atoms with Crippen LogP contribution in [0.25, 0.3) is 5.69 Å². The number of hydrogen-bond acceptors (Lipinski definition) is 4. The first-order valence-electron chi connectivity index (χ1n) is 7.10. The first-order chi connectivity index (χ1) is 10.8. The molecule has 3 rings (SSSR count). The lowest BCUT2D eigenvalue weighted by atomic mass is 10.2. The molecule has 0 aliphatic rings. The summed E-state index contributed by atoms with van der Waals surface area (Å²) in [6, 6.07) is 9.45. The van der Waals surface area contributed by atoms with Gasteiger partial charge in [0.2, 0.25) is 0 Å². The van der Waals surface area contributed by atoms with E-state index in [2.05, 4.69) is 27.3 Å². The van der Waals surface area contributed by atoms with Gasteiger partial charge >= 0.3 is 0 Å². The minimum atomic E-state index is 0.570. The van der Waals surface area contributed by atoms with Gasteiger partial charge in [-0.3, -0.25) is 0 Å². The van der Waals surface area contributed by atoms with E-state index in [4.69, 9.17) is 11.6 Å². The molecule has 0 radical (unpaired) electrons. The quantitative estimate of drug-likeness (QED) is 0.783. The van der Waals surface area contributed by atoms with Gasteiger partial charge in [0.05, 0.1) is 29.8 Å². The van der Waals surface area contributed by atoms with Gasteiger partial charge < -0.3 is 5.32 Å². The maximum atomic E-state index is 5.94. The maximum Gasteiger partial charge on any atom is 0.147 e. The second kappa shape index (κ2) is 6.58. The Balaban J connectivity index is 1.82. The van der Waals surface area contributed by atoms with Gasteiger partial charge in [-0.1, -0.05) is 18.5 Å². The van der Waals surface area contributed by atoms with Crippen molar-refractivity contribution in [2.45, 2.75) is 19.9 Å². The number of nitrogens with zero attached hydrogens (tertiary/aromatic N) is 4. The minimum Gasteiger partial charge on any atom is -0.375 e. The van der Waals surface area contributed by atoms with Gasteiger partial charge in [0.25, 0.3) is 0 Å². The van der Waals surface area contributed by atoms with Crippen LogP contribution in [0.4, 0.5) is 5.69 Å².